The van der Waals surface area contributed by atoms with E-state index in [1.165, 1.54) is 7.11 Å². The third-order valence-electron chi connectivity index (χ3n) is 2.55. The van der Waals surface area contributed by atoms with Crippen molar-refractivity contribution in [2.24, 2.45) is 5.73 Å². The highest BCUT2D eigenvalue weighted by molar-refractivity contribution is 5.66. The van der Waals surface area contributed by atoms with Crippen LogP contribution < -0.4 is 15.8 Å². The van der Waals surface area contributed by atoms with E-state index in [0.717, 1.165) is 11.1 Å². The number of phenols is 1. The molecule has 0 saturated heterocycles. The number of aromatic nitrogens is 3. The molecule has 0 aliphatic heterocycles. The van der Waals surface area contributed by atoms with Gasteiger partial charge in [0.05, 0.1) is 12.9 Å². The Balaban J connectivity index is 2.41. The minimum atomic E-state index is 0.0805. The molecule has 0 amide bonds. The van der Waals surface area contributed by atoms with Crippen molar-refractivity contribution < 1.29 is 9.84 Å². The summed E-state index contributed by atoms with van der Waals surface area (Å²) in [5.41, 5.74) is 7.04. The zero-order valence-electron chi connectivity index (χ0n) is 10.7. The van der Waals surface area contributed by atoms with Gasteiger partial charge in [-0.05, 0) is 24.6 Å². The van der Waals surface area contributed by atoms with E-state index in [4.69, 9.17) is 10.5 Å². The number of H-pyrrole nitrogens is 1. The smallest absolute Gasteiger partial charge is 0.227 e. The molecular weight excluding hydrogens is 246 g/mol. The number of aryl methyl sites for hydroxylation is 1. The summed E-state index contributed by atoms with van der Waals surface area (Å²) in [6.45, 7) is 5.37. The van der Waals surface area contributed by atoms with E-state index in [1.54, 1.807) is 12.1 Å². The van der Waals surface area contributed by atoms with Crippen molar-refractivity contribution in [3.8, 4) is 22.9 Å². The number of phenolic OH excluding ortho intramolecular Hbond substituents is 1. The van der Waals surface area contributed by atoms with Crippen molar-refractivity contribution in [2.75, 3.05) is 12.4 Å². The standard InChI is InChI=1S/C12H15N5O2/c1-6-4-9(18)10(19-3)5-8(6)11-15-12(17-16-11)14-7(2)13/h4-5,18H,2,13H2,1,3H3,(H2,14,15,16,17). The second-order valence-electron chi connectivity index (χ2n) is 4.01. The lowest BCUT2D eigenvalue weighted by molar-refractivity contribution is 0.373. The van der Waals surface area contributed by atoms with Crippen molar-refractivity contribution in [1.29, 1.82) is 0 Å². The molecule has 0 aliphatic carbocycles. The van der Waals surface area contributed by atoms with E-state index in [0.29, 0.717) is 17.5 Å². The van der Waals surface area contributed by atoms with E-state index in [-0.39, 0.29) is 11.6 Å². The predicted octanol–water partition coefficient (Wildman–Crippen LogP) is 1.34. The molecule has 2 rings (SSSR count). The highest BCUT2D eigenvalue weighted by Crippen LogP contribution is 2.33. The molecule has 7 heteroatoms. The van der Waals surface area contributed by atoms with Crippen LogP contribution in [0, 0.1) is 6.92 Å². The lowest BCUT2D eigenvalue weighted by Crippen LogP contribution is -2.07. The molecule has 1 heterocycles. The highest BCUT2D eigenvalue weighted by Gasteiger charge is 2.12. The SMILES string of the molecule is C=C(N)Nc1nnc(-c2cc(OC)c(O)cc2C)[nH]1. The number of nitrogens with zero attached hydrogens (tertiary/aromatic N) is 2. The maximum atomic E-state index is 9.68. The van der Waals surface area contributed by atoms with Crippen molar-refractivity contribution in [1.82, 2.24) is 15.2 Å². The molecule has 0 bridgehead atoms. The fourth-order valence-electron chi connectivity index (χ4n) is 1.68. The molecule has 0 fully saturated rings. The van der Waals surface area contributed by atoms with Gasteiger partial charge in [-0.15, -0.1) is 10.2 Å². The van der Waals surface area contributed by atoms with Gasteiger partial charge < -0.3 is 25.9 Å². The fraction of sp³-hybridized carbons (Fsp3) is 0.167. The van der Waals surface area contributed by atoms with E-state index < -0.39 is 0 Å². The molecule has 0 unspecified atom stereocenters. The van der Waals surface area contributed by atoms with Crippen LogP contribution in [-0.4, -0.2) is 27.4 Å². The molecule has 0 atom stereocenters. The summed E-state index contributed by atoms with van der Waals surface area (Å²) in [5.74, 6) is 1.66. The van der Waals surface area contributed by atoms with Crippen LogP contribution in [0.25, 0.3) is 11.4 Å². The van der Waals surface area contributed by atoms with Gasteiger partial charge in [-0.2, -0.15) is 0 Å². The summed E-state index contributed by atoms with van der Waals surface area (Å²) >= 11 is 0. The van der Waals surface area contributed by atoms with Gasteiger partial charge in [-0.1, -0.05) is 6.58 Å². The molecule has 2 aromatic rings. The molecule has 1 aromatic heterocycles. The van der Waals surface area contributed by atoms with Crippen LogP contribution in [0.4, 0.5) is 5.95 Å². The Morgan fingerprint density at radius 2 is 2.21 bits per heavy atom. The van der Waals surface area contributed by atoms with Crippen LogP contribution in [0.3, 0.4) is 0 Å². The second-order valence-corrected chi connectivity index (χ2v) is 4.01. The average Bonchev–Trinajstić information content (AvgIpc) is 2.76. The molecule has 0 radical (unpaired) electrons. The van der Waals surface area contributed by atoms with Gasteiger partial charge in [0.15, 0.2) is 17.3 Å². The van der Waals surface area contributed by atoms with Crippen LogP contribution in [0.5, 0.6) is 11.5 Å². The Morgan fingerprint density at radius 3 is 2.84 bits per heavy atom. The maximum absolute atomic E-state index is 9.68. The molecule has 0 spiro atoms. The first kappa shape index (κ1) is 12.7. The molecular formula is C12H15N5O2. The Hall–Kier alpha value is -2.70. The fourth-order valence-corrected chi connectivity index (χ4v) is 1.68. The summed E-state index contributed by atoms with van der Waals surface area (Å²) in [4.78, 5) is 2.96. The minimum absolute atomic E-state index is 0.0805. The second kappa shape index (κ2) is 4.89. The number of ether oxygens (including phenoxy) is 1. The monoisotopic (exact) mass is 261 g/mol. The van der Waals surface area contributed by atoms with Gasteiger partial charge in [0.25, 0.3) is 0 Å². The lowest BCUT2D eigenvalue weighted by Gasteiger charge is -2.08. The van der Waals surface area contributed by atoms with Crippen molar-refractivity contribution in [2.45, 2.75) is 6.92 Å². The Kier molecular flexibility index (Phi) is 3.28. The Labute approximate surface area is 110 Å². The molecule has 7 nitrogen and oxygen atoms in total. The summed E-state index contributed by atoms with van der Waals surface area (Å²) in [6, 6.07) is 3.29. The van der Waals surface area contributed by atoms with Crippen LogP contribution in [0.15, 0.2) is 24.5 Å². The van der Waals surface area contributed by atoms with Crippen LogP contribution in [0.1, 0.15) is 5.56 Å². The topological polar surface area (TPSA) is 109 Å². The normalized spacial score (nSPS) is 10.2. The van der Waals surface area contributed by atoms with E-state index in [9.17, 15) is 5.11 Å². The molecule has 0 aliphatic rings. The lowest BCUT2D eigenvalue weighted by atomic mass is 10.1. The first-order chi connectivity index (χ1) is 9.01. The average molecular weight is 261 g/mol. The number of methoxy groups -OCH3 is 1. The summed E-state index contributed by atoms with van der Waals surface area (Å²) in [5, 5.41) is 20.3. The third kappa shape index (κ3) is 2.59. The zero-order valence-corrected chi connectivity index (χ0v) is 10.7. The number of rotatable bonds is 4. The van der Waals surface area contributed by atoms with Gasteiger partial charge >= 0.3 is 0 Å². The van der Waals surface area contributed by atoms with Gasteiger partial charge in [0.1, 0.15) is 0 Å². The van der Waals surface area contributed by atoms with Crippen LogP contribution in [0.2, 0.25) is 0 Å². The van der Waals surface area contributed by atoms with Gasteiger partial charge in [-0.25, -0.2) is 0 Å². The number of aromatic hydroxyl groups is 1. The van der Waals surface area contributed by atoms with E-state index >= 15 is 0 Å². The number of nitrogens with one attached hydrogen (secondary N) is 2. The number of benzene rings is 1. The first-order valence-corrected chi connectivity index (χ1v) is 5.53. The summed E-state index contributed by atoms with van der Waals surface area (Å²) < 4.78 is 5.07. The van der Waals surface area contributed by atoms with Crippen molar-refractivity contribution in [3.63, 3.8) is 0 Å². The quantitative estimate of drug-likeness (QED) is 0.661. The van der Waals surface area contributed by atoms with Crippen LogP contribution >= 0.6 is 0 Å². The molecule has 100 valence electrons. The third-order valence-corrected chi connectivity index (χ3v) is 2.55. The molecule has 5 N–H and O–H groups in total. The zero-order chi connectivity index (χ0) is 14.0. The number of anilines is 1. The van der Waals surface area contributed by atoms with Crippen LogP contribution in [-0.2, 0) is 0 Å². The van der Waals surface area contributed by atoms with Gasteiger partial charge in [0, 0.05) is 5.56 Å². The first-order valence-electron chi connectivity index (χ1n) is 5.53. The van der Waals surface area contributed by atoms with Crippen molar-refractivity contribution >= 4 is 5.95 Å². The highest BCUT2D eigenvalue weighted by atomic mass is 16.5. The largest absolute Gasteiger partial charge is 0.504 e. The predicted molar refractivity (Wildman–Crippen MR) is 71.7 cm³/mol. The van der Waals surface area contributed by atoms with Gasteiger partial charge in [0.2, 0.25) is 5.95 Å². The molecule has 19 heavy (non-hydrogen) atoms. The number of aromatic amines is 1. The molecule has 0 saturated carbocycles. The number of hydrogen-bond acceptors (Lipinski definition) is 6. The molecule has 1 aromatic carbocycles. The Bertz CT molecular complexity index is 621. The Morgan fingerprint density at radius 1 is 1.47 bits per heavy atom. The summed E-state index contributed by atoms with van der Waals surface area (Å²) in [6.07, 6.45) is 0. The van der Waals surface area contributed by atoms with Gasteiger partial charge in [-0.3, -0.25) is 0 Å². The maximum Gasteiger partial charge on any atom is 0.227 e. The minimum Gasteiger partial charge on any atom is -0.504 e. The summed E-state index contributed by atoms with van der Waals surface area (Å²) in [7, 11) is 1.49. The number of hydrogen-bond donors (Lipinski definition) is 4. The van der Waals surface area contributed by atoms with Crippen molar-refractivity contribution in [3.05, 3.63) is 30.1 Å². The van der Waals surface area contributed by atoms with E-state index in [2.05, 4.69) is 27.1 Å². The number of nitrogens with two attached hydrogens (primary N) is 1. The van der Waals surface area contributed by atoms with E-state index in [1.807, 2.05) is 6.92 Å².